The second-order valence-electron chi connectivity index (χ2n) is 4.77. The molecule has 0 bridgehead atoms. The normalized spacial score (nSPS) is 16.9. The van der Waals surface area contributed by atoms with Crippen LogP contribution in [0.15, 0.2) is 24.3 Å². The maximum Gasteiger partial charge on any atom is 0.344 e. The number of carbonyl (C=O) groups is 1. The van der Waals surface area contributed by atoms with Crippen molar-refractivity contribution in [3.63, 3.8) is 0 Å². The minimum atomic E-state index is -0.171. The van der Waals surface area contributed by atoms with Crippen LogP contribution in [0.2, 0.25) is 0 Å². The second-order valence-corrected chi connectivity index (χ2v) is 4.77. The molecular formula is C13H16N4O. The van der Waals surface area contributed by atoms with E-state index in [1.807, 2.05) is 24.3 Å². The first-order chi connectivity index (χ1) is 8.84. The number of nitrogens with one attached hydrogen (secondary N) is 1. The number of benzene rings is 1. The van der Waals surface area contributed by atoms with Crippen molar-refractivity contribution in [2.24, 2.45) is 0 Å². The van der Waals surface area contributed by atoms with E-state index < -0.39 is 0 Å². The van der Waals surface area contributed by atoms with Gasteiger partial charge in [0.05, 0.1) is 5.52 Å². The van der Waals surface area contributed by atoms with Gasteiger partial charge in [-0.25, -0.2) is 4.79 Å². The molecule has 0 unspecified atom stereocenters. The van der Waals surface area contributed by atoms with E-state index in [1.165, 1.54) is 23.9 Å². The molecule has 5 nitrogen and oxygen atoms in total. The van der Waals surface area contributed by atoms with Crippen molar-refractivity contribution in [1.29, 1.82) is 0 Å². The Morgan fingerprint density at radius 2 is 2.00 bits per heavy atom. The quantitative estimate of drug-likeness (QED) is 0.837. The Balaban J connectivity index is 1.79. The van der Waals surface area contributed by atoms with Crippen LogP contribution in [0, 0.1) is 0 Å². The fourth-order valence-electron chi connectivity index (χ4n) is 2.50. The van der Waals surface area contributed by atoms with Gasteiger partial charge in [0.2, 0.25) is 0 Å². The third-order valence-corrected chi connectivity index (χ3v) is 3.48. The van der Waals surface area contributed by atoms with Gasteiger partial charge in [0.1, 0.15) is 5.52 Å². The first kappa shape index (κ1) is 11.2. The van der Waals surface area contributed by atoms with Crippen LogP contribution in [0.25, 0.3) is 11.0 Å². The largest absolute Gasteiger partial charge is 0.344 e. The van der Waals surface area contributed by atoms with Crippen LogP contribution in [-0.2, 0) is 0 Å². The molecule has 0 saturated heterocycles. The van der Waals surface area contributed by atoms with Crippen molar-refractivity contribution in [1.82, 2.24) is 20.3 Å². The summed E-state index contributed by atoms with van der Waals surface area (Å²) in [6.07, 6.45) is 5.81. The van der Waals surface area contributed by atoms with Crippen LogP contribution in [0.3, 0.4) is 0 Å². The molecule has 0 radical (unpaired) electrons. The van der Waals surface area contributed by atoms with E-state index in [9.17, 15) is 4.79 Å². The second kappa shape index (κ2) is 4.76. The summed E-state index contributed by atoms with van der Waals surface area (Å²) in [5, 5.41) is 10.9. The van der Waals surface area contributed by atoms with E-state index in [-0.39, 0.29) is 12.1 Å². The molecule has 0 atom stereocenters. The molecule has 94 valence electrons. The highest BCUT2D eigenvalue weighted by molar-refractivity contribution is 5.87. The predicted octanol–water partition coefficient (Wildman–Crippen LogP) is 2.32. The summed E-state index contributed by atoms with van der Waals surface area (Å²) in [5.41, 5.74) is 1.50. The molecule has 2 aromatic rings. The first-order valence-corrected chi connectivity index (χ1v) is 6.46. The molecule has 1 N–H and O–H groups in total. The SMILES string of the molecule is O=C(NC1CCCCC1)n1nnc2ccccc21. The zero-order chi connectivity index (χ0) is 12.4. The topological polar surface area (TPSA) is 59.8 Å². The zero-order valence-electron chi connectivity index (χ0n) is 10.2. The lowest BCUT2D eigenvalue weighted by molar-refractivity contribution is 0.231. The van der Waals surface area contributed by atoms with Gasteiger partial charge < -0.3 is 5.32 Å². The monoisotopic (exact) mass is 244 g/mol. The van der Waals surface area contributed by atoms with Crippen LogP contribution < -0.4 is 5.32 Å². The van der Waals surface area contributed by atoms with Crippen molar-refractivity contribution >= 4 is 17.1 Å². The Bertz CT molecular complexity index is 557. The summed E-state index contributed by atoms with van der Waals surface area (Å²) in [5.74, 6) is 0. The van der Waals surface area contributed by atoms with Crippen LogP contribution >= 0.6 is 0 Å². The molecule has 1 saturated carbocycles. The van der Waals surface area contributed by atoms with Crippen molar-refractivity contribution in [2.45, 2.75) is 38.1 Å². The molecule has 1 aliphatic rings. The lowest BCUT2D eigenvalue weighted by Crippen LogP contribution is -2.39. The standard InChI is InChI=1S/C13H16N4O/c18-13(14-10-6-2-1-3-7-10)17-12-9-5-4-8-11(12)15-16-17/h4-5,8-10H,1-3,6-7H2,(H,14,18). The molecule has 1 aliphatic carbocycles. The fourth-order valence-corrected chi connectivity index (χ4v) is 2.50. The molecule has 1 aromatic carbocycles. The number of amides is 1. The maximum atomic E-state index is 12.1. The van der Waals surface area contributed by atoms with Crippen molar-refractivity contribution in [2.75, 3.05) is 0 Å². The summed E-state index contributed by atoms with van der Waals surface area (Å²) >= 11 is 0. The van der Waals surface area contributed by atoms with E-state index in [2.05, 4.69) is 15.6 Å². The first-order valence-electron chi connectivity index (χ1n) is 6.46. The molecule has 1 aromatic heterocycles. The maximum absolute atomic E-state index is 12.1. The Hall–Kier alpha value is -1.91. The van der Waals surface area contributed by atoms with Crippen LogP contribution in [0.5, 0.6) is 0 Å². The molecule has 1 amide bonds. The molecular weight excluding hydrogens is 228 g/mol. The molecule has 5 heteroatoms. The third kappa shape index (κ3) is 2.08. The highest BCUT2D eigenvalue weighted by atomic mass is 16.2. The van der Waals surface area contributed by atoms with Gasteiger partial charge in [0.15, 0.2) is 0 Å². The summed E-state index contributed by atoms with van der Waals surface area (Å²) in [4.78, 5) is 12.1. The van der Waals surface area contributed by atoms with Gasteiger partial charge in [-0.3, -0.25) is 0 Å². The summed E-state index contributed by atoms with van der Waals surface area (Å²) < 4.78 is 1.35. The number of hydrogen-bond acceptors (Lipinski definition) is 3. The molecule has 18 heavy (non-hydrogen) atoms. The summed E-state index contributed by atoms with van der Waals surface area (Å²) in [6, 6.07) is 7.60. The third-order valence-electron chi connectivity index (χ3n) is 3.48. The van der Waals surface area contributed by atoms with Gasteiger partial charge in [-0.2, -0.15) is 4.68 Å². The number of carbonyl (C=O) groups excluding carboxylic acids is 1. The van der Waals surface area contributed by atoms with E-state index in [0.29, 0.717) is 0 Å². The Morgan fingerprint density at radius 1 is 1.22 bits per heavy atom. The van der Waals surface area contributed by atoms with E-state index in [0.717, 1.165) is 23.9 Å². The average Bonchev–Trinajstić information content (AvgIpc) is 2.84. The predicted molar refractivity (Wildman–Crippen MR) is 68.3 cm³/mol. The lowest BCUT2D eigenvalue weighted by Gasteiger charge is -2.22. The minimum Gasteiger partial charge on any atom is -0.333 e. The molecule has 1 heterocycles. The van der Waals surface area contributed by atoms with Crippen molar-refractivity contribution in [3.8, 4) is 0 Å². The number of nitrogens with zero attached hydrogens (tertiary/aromatic N) is 3. The van der Waals surface area contributed by atoms with Gasteiger partial charge in [0, 0.05) is 6.04 Å². The molecule has 3 rings (SSSR count). The zero-order valence-corrected chi connectivity index (χ0v) is 10.2. The highest BCUT2D eigenvalue weighted by Crippen LogP contribution is 2.17. The fraction of sp³-hybridized carbons (Fsp3) is 0.462. The summed E-state index contributed by atoms with van der Waals surface area (Å²) in [6.45, 7) is 0. The van der Waals surface area contributed by atoms with Crippen LogP contribution in [0.1, 0.15) is 32.1 Å². The number of rotatable bonds is 1. The van der Waals surface area contributed by atoms with Gasteiger partial charge in [-0.1, -0.05) is 36.6 Å². The van der Waals surface area contributed by atoms with E-state index >= 15 is 0 Å². The molecule has 0 aliphatic heterocycles. The average molecular weight is 244 g/mol. The van der Waals surface area contributed by atoms with E-state index in [4.69, 9.17) is 0 Å². The molecule has 0 spiro atoms. The minimum absolute atomic E-state index is 0.171. The van der Waals surface area contributed by atoms with Gasteiger partial charge in [0.25, 0.3) is 0 Å². The van der Waals surface area contributed by atoms with E-state index in [1.54, 1.807) is 0 Å². The number of para-hydroxylation sites is 1. The van der Waals surface area contributed by atoms with Gasteiger partial charge in [-0.15, -0.1) is 5.10 Å². The number of hydrogen-bond donors (Lipinski definition) is 1. The Labute approximate surface area is 105 Å². The Kier molecular flexibility index (Phi) is 2.96. The smallest absolute Gasteiger partial charge is 0.333 e. The lowest BCUT2D eigenvalue weighted by atomic mass is 9.96. The number of aromatic nitrogens is 3. The highest BCUT2D eigenvalue weighted by Gasteiger charge is 2.18. The van der Waals surface area contributed by atoms with Gasteiger partial charge in [-0.05, 0) is 25.0 Å². The number of fused-ring (bicyclic) bond motifs is 1. The van der Waals surface area contributed by atoms with Crippen LogP contribution in [0.4, 0.5) is 4.79 Å². The van der Waals surface area contributed by atoms with Crippen LogP contribution in [-0.4, -0.2) is 27.1 Å². The van der Waals surface area contributed by atoms with Crippen molar-refractivity contribution < 1.29 is 4.79 Å². The Morgan fingerprint density at radius 3 is 2.83 bits per heavy atom. The van der Waals surface area contributed by atoms with Crippen molar-refractivity contribution in [3.05, 3.63) is 24.3 Å². The molecule has 1 fully saturated rings. The summed E-state index contributed by atoms with van der Waals surface area (Å²) in [7, 11) is 0. The van der Waals surface area contributed by atoms with Gasteiger partial charge >= 0.3 is 6.03 Å².